The summed E-state index contributed by atoms with van der Waals surface area (Å²) in [7, 11) is 0. The minimum atomic E-state index is 0.105. The van der Waals surface area contributed by atoms with E-state index in [0.29, 0.717) is 0 Å². The second kappa shape index (κ2) is 4.56. The molecule has 1 saturated carbocycles. The van der Waals surface area contributed by atoms with E-state index >= 15 is 0 Å². The zero-order valence-corrected chi connectivity index (χ0v) is 10.6. The number of amides is 1. The molecular weight excluding hydrogens is 224 g/mol. The van der Waals surface area contributed by atoms with Crippen LogP contribution < -0.4 is 5.32 Å². The van der Waals surface area contributed by atoms with E-state index in [2.05, 4.69) is 24.4 Å². The number of benzene rings is 1. The monoisotopic (exact) mass is 242 g/mol. The van der Waals surface area contributed by atoms with Crippen molar-refractivity contribution in [3.05, 3.63) is 35.4 Å². The first-order valence-electron chi connectivity index (χ1n) is 6.70. The lowest BCUT2D eigenvalue weighted by atomic mass is 9.83. The van der Waals surface area contributed by atoms with Gasteiger partial charge in [0.15, 0.2) is 0 Å². The molecule has 0 aromatic heterocycles. The minimum Gasteiger partial charge on any atom is -0.310 e. The summed E-state index contributed by atoms with van der Waals surface area (Å²) in [5.74, 6) is 1.02. The molecule has 18 heavy (non-hydrogen) atoms. The molecule has 0 unspecified atom stereocenters. The highest BCUT2D eigenvalue weighted by atomic mass is 16.2. The van der Waals surface area contributed by atoms with Crippen LogP contribution in [0.2, 0.25) is 0 Å². The fourth-order valence-corrected chi connectivity index (χ4v) is 2.84. The van der Waals surface area contributed by atoms with E-state index in [1.807, 2.05) is 12.1 Å². The maximum absolute atomic E-state index is 12.1. The number of nitrogens with zero attached hydrogens (tertiary/aromatic N) is 1. The van der Waals surface area contributed by atoms with Crippen LogP contribution >= 0.6 is 0 Å². The lowest BCUT2D eigenvalue weighted by Gasteiger charge is -2.32. The van der Waals surface area contributed by atoms with E-state index in [4.69, 9.17) is 4.99 Å². The Balaban J connectivity index is 1.90. The topological polar surface area (TPSA) is 41.5 Å². The van der Waals surface area contributed by atoms with Crippen molar-refractivity contribution >= 4 is 11.7 Å². The average Bonchev–Trinajstić information content (AvgIpc) is 2.39. The number of aliphatic imine (C=N–C) groups is 1. The highest BCUT2D eigenvalue weighted by Gasteiger charge is 2.34. The highest BCUT2D eigenvalue weighted by molar-refractivity contribution is 6.10. The van der Waals surface area contributed by atoms with Gasteiger partial charge in [0, 0.05) is 5.56 Å². The second-order valence-corrected chi connectivity index (χ2v) is 5.29. The Hall–Kier alpha value is -1.64. The number of amidine groups is 1. The van der Waals surface area contributed by atoms with Crippen LogP contribution in [0.25, 0.3) is 0 Å². The molecule has 1 N–H and O–H groups in total. The Morgan fingerprint density at radius 1 is 1.17 bits per heavy atom. The summed E-state index contributed by atoms with van der Waals surface area (Å²) in [6.07, 6.45) is 4.39. The molecule has 1 aromatic carbocycles. The summed E-state index contributed by atoms with van der Waals surface area (Å²) >= 11 is 0. The van der Waals surface area contributed by atoms with E-state index in [-0.39, 0.29) is 17.9 Å². The van der Waals surface area contributed by atoms with Crippen molar-refractivity contribution < 1.29 is 4.79 Å². The Labute approximate surface area is 107 Å². The summed E-state index contributed by atoms with van der Waals surface area (Å²) in [6, 6.07) is 8.35. The number of hydrogen-bond donors (Lipinski definition) is 1. The van der Waals surface area contributed by atoms with Crippen molar-refractivity contribution in [2.75, 3.05) is 0 Å². The van der Waals surface area contributed by atoms with Gasteiger partial charge in [-0.2, -0.15) is 0 Å². The normalized spacial score (nSPS) is 27.2. The maximum Gasteiger partial charge on any atom is 0.230 e. The minimum absolute atomic E-state index is 0.105. The molecule has 1 amide bonds. The summed E-state index contributed by atoms with van der Waals surface area (Å²) in [4.78, 5) is 16.8. The Kier molecular flexibility index (Phi) is 2.90. The lowest BCUT2D eigenvalue weighted by Crippen LogP contribution is -2.47. The molecular formula is C15H18N2O. The van der Waals surface area contributed by atoms with Gasteiger partial charge in [-0.25, -0.2) is 0 Å². The summed E-state index contributed by atoms with van der Waals surface area (Å²) in [6.45, 7) is 2.06. The van der Waals surface area contributed by atoms with E-state index in [9.17, 15) is 4.79 Å². The van der Waals surface area contributed by atoms with Gasteiger partial charge in [-0.05, 0) is 19.8 Å². The van der Waals surface area contributed by atoms with Crippen LogP contribution in [0.3, 0.4) is 0 Å². The number of rotatable bonds is 1. The fraction of sp³-hybridized carbons (Fsp3) is 0.467. The number of aryl methyl sites for hydroxylation is 1. The first-order valence-corrected chi connectivity index (χ1v) is 6.70. The molecule has 1 aromatic rings. The molecule has 2 atom stereocenters. The smallest absolute Gasteiger partial charge is 0.230 e. The molecule has 3 nitrogen and oxygen atoms in total. The quantitative estimate of drug-likeness (QED) is 0.807. The van der Waals surface area contributed by atoms with Crippen molar-refractivity contribution in [1.29, 1.82) is 0 Å². The molecule has 1 aliphatic carbocycles. The van der Waals surface area contributed by atoms with Crippen molar-refractivity contribution in [2.24, 2.45) is 10.9 Å². The summed E-state index contributed by atoms with van der Waals surface area (Å²) in [5, 5.41) is 2.96. The van der Waals surface area contributed by atoms with Crippen molar-refractivity contribution in [1.82, 2.24) is 5.32 Å². The van der Waals surface area contributed by atoms with Crippen LogP contribution in [0.5, 0.6) is 0 Å². The zero-order valence-electron chi connectivity index (χ0n) is 10.6. The third-order valence-corrected chi connectivity index (χ3v) is 3.93. The molecule has 94 valence electrons. The van der Waals surface area contributed by atoms with Crippen LogP contribution in [0, 0.1) is 12.8 Å². The first-order chi connectivity index (χ1) is 8.74. The third-order valence-electron chi connectivity index (χ3n) is 3.93. The SMILES string of the molecule is Cc1ccc(C2=N[C@H]3CCCC[C@H]3C(=O)N2)cc1. The summed E-state index contributed by atoms with van der Waals surface area (Å²) in [5.41, 5.74) is 2.23. The van der Waals surface area contributed by atoms with Gasteiger partial charge in [0.1, 0.15) is 5.84 Å². The van der Waals surface area contributed by atoms with E-state index in [0.717, 1.165) is 30.7 Å². The van der Waals surface area contributed by atoms with Crippen LogP contribution in [-0.2, 0) is 4.79 Å². The standard InChI is InChI=1S/C15H18N2O/c1-10-6-8-11(9-7-10)14-16-13-5-3-2-4-12(13)15(18)17-14/h6-9,12-13H,2-5H2,1H3,(H,16,17,18)/t12-,13+/m1/s1. The van der Waals surface area contributed by atoms with Crippen LogP contribution in [0.4, 0.5) is 0 Å². The van der Waals surface area contributed by atoms with Crippen molar-refractivity contribution in [2.45, 2.75) is 38.6 Å². The fourth-order valence-electron chi connectivity index (χ4n) is 2.84. The predicted octanol–water partition coefficient (Wildman–Crippen LogP) is 2.43. The van der Waals surface area contributed by atoms with E-state index in [1.54, 1.807) is 0 Å². The number of fused-ring (bicyclic) bond motifs is 1. The van der Waals surface area contributed by atoms with Gasteiger partial charge in [-0.1, -0.05) is 42.7 Å². The Morgan fingerprint density at radius 3 is 2.67 bits per heavy atom. The number of carbonyl (C=O) groups excluding carboxylic acids is 1. The average molecular weight is 242 g/mol. The van der Waals surface area contributed by atoms with E-state index < -0.39 is 0 Å². The van der Waals surface area contributed by atoms with Crippen molar-refractivity contribution in [3.63, 3.8) is 0 Å². The van der Waals surface area contributed by atoms with Gasteiger partial charge in [0.2, 0.25) is 5.91 Å². The second-order valence-electron chi connectivity index (χ2n) is 5.29. The number of nitrogens with one attached hydrogen (secondary N) is 1. The van der Waals surface area contributed by atoms with Gasteiger partial charge in [-0.15, -0.1) is 0 Å². The van der Waals surface area contributed by atoms with Gasteiger partial charge < -0.3 is 5.32 Å². The van der Waals surface area contributed by atoms with Crippen molar-refractivity contribution in [3.8, 4) is 0 Å². The highest BCUT2D eigenvalue weighted by Crippen LogP contribution is 2.29. The van der Waals surface area contributed by atoms with E-state index in [1.165, 1.54) is 12.0 Å². The zero-order chi connectivity index (χ0) is 12.5. The molecule has 0 spiro atoms. The summed E-state index contributed by atoms with van der Waals surface area (Å²) < 4.78 is 0. The largest absolute Gasteiger partial charge is 0.310 e. The molecule has 2 aliphatic rings. The Morgan fingerprint density at radius 2 is 1.89 bits per heavy atom. The molecule has 1 aliphatic heterocycles. The van der Waals surface area contributed by atoms with Gasteiger partial charge in [0.25, 0.3) is 0 Å². The molecule has 1 fully saturated rings. The van der Waals surface area contributed by atoms with Crippen LogP contribution in [0.1, 0.15) is 36.8 Å². The maximum atomic E-state index is 12.1. The molecule has 0 radical (unpaired) electrons. The van der Waals surface area contributed by atoms with Gasteiger partial charge >= 0.3 is 0 Å². The van der Waals surface area contributed by atoms with Crippen LogP contribution in [-0.4, -0.2) is 17.8 Å². The number of carbonyl (C=O) groups is 1. The van der Waals surface area contributed by atoms with Gasteiger partial charge in [0.05, 0.1) is 12.0 Å². The third kappa shape index (κ3) is 2.05. The molecule has 0 saturated heterocycles. The molecule has 1 heterocycles. The Bertz CT molecular complexity index is 490. The van der Waals surface area contributed by atoms with Gasteiger partial charge in [-0.3, -0.25) is 9.79 Å². The first kappa shape index (κ1) is 11.5. The predicted molar refractivity (Wildman–Crippen MR) is 71.6 cm³/mol. The molecule has 3 rings (SSSR count). The molecule has 0 bridgehead atoms. The number of hydrogen-bond acceptors (Lipinski definition) is 2. The molecule has 3 heteroatoms. The van der Waals surface area contributed by atoms with Crippen LogP contribution in [0.15, 0.2) is 29.3 Å². The lowest BCUT2D eigenvalue weighted by molar-refractivity contribution is -0.125.